The van der Waals surface area contributed by atoms with Crippen LogP contribution in [0, 0.1) is 5.92 Å². The van der Waals surface area contributed by atoms with Crippen molar-refractivity contribution in [2.75, 3.05) is 0 Å². The zero-order chi connectivity index (χ0) is 10.4. The minimum Gasteiger partial charge on any atom is -0.329 e. The Bertz CT molecular complexity index is 282. The van der Waals surface area contributed by atoms with Crippen molar-refractivity contribution in [1.82, 2.24) is 9.55 Å². The van der Waals surface area contributed by atoms with Gasteiger partial charge in [-0.1, -0.05) is 31.4 Å². The molecule has 4 heteroatoms. The first-order valence-electron chi connectivity index (χ1n) is 4.66. The van der Waals surface area contributed by atoms with E-state index in [1.807, 2.05) is 10.8 Å². The quantitative estimate of drug-likeness (QED) is 0.695. The van der Waals surface area contributed by atoms with Crippen LogP contribution in [0.1, 0.15) is 25.8 Å². The molecule has 0 fully saturated rings. The van der Waals surface area contributed by atoms with Gasteiger partial charge in [0.15, 0.2) is 0 Å². The molecule has 1 aromatic rings. The molecule has 0 bridgehead atoms. The van der Waals surface area contributed by atoms with Crippen molar-refractivity contribution in [3.8, 4) is 0 Å². The molecule has 0 saturated carbocycles. The summed E-state index contributed by atoms with van der Waals surface area (Å²) in [6.07, 6.45) is 7.56. The maximum absolute atomic E-state index is 5.04. The lowest BCUT2D eigenvalue weighted by Gasteiger charge is -2.20. The normalized spacial score (nSPS) is 14.6. The molecule has 0 spiro atoms. The van der Waals surface area contributed by atoms with E-state index < -0.39 is 0 Å². The number of hydrogen-bond donors (Lipinski definition) is 0. The molecular weight excluding hydrogens is 212 g/mol. The highest BCUT2D eigenvalue weighted by Gasteiger charge is 2.14. The summed E-state index contributed by atoms with van der Waals surface area (Å²) in [5.41, 5.74) is 0. The fraction of sp³-hybridized carbons (Fsp3) is 0.500. The molecule has 14 heavy (non-hydrogen) atoms. The van der Waals surface area contributed by atoms with E-state index in [1.165, 1.54) is 0 Å². The van der Waals surface area contributed by atoms with Crippen molar-refractivity contribution < 1.29 is 0 Å². The number of imidazole rings is 1. The zero-order valence-electron chi connectivity index (χ0n) is 8.17. The standard InChI is InChI=1S/C10H14N2S2/c1-9(3-2-6-13)10(7-14)12-5-4-11-8-12/h4-10H,2-3H2,1H3. The summed E-state index contributed by atoms with van der Waals surface area (Å²) in [5, 5.41) is 3.58. The number of rotatable bonds is 6. The summed E-state index contributed by atoms with van der Waals surface area (Å²) >= 11 is 9.85. The van der Waals surface area contributed by atoms with Crippen molar-refractivity contribution in [3.05, 3.63) is 18.7 Å². The van der Waals surface area contributed by atoms with E-state index in [-0.39, 0.29) is 6.04 Å². The van der Waals surface area contributed by atoms with Gasteiger partial charge in [0.25, 0.3) is 0 Å². The third kappa shape index (κ3) is 2.96. The van der Waals surface area contributed by atoms with E-state index in [2.05, 4.69) is 11.9 Å². The molecule has 0 radical (unpaired) electrons. The maximum atomic E-state index is 5.04. The minimum atomic E-state index is 0.252. The van der Waals surface area contributed by atoms with E-state index >= 15 is 0 Å². The topological polar surface area (TPSA) is 17.8 Å². The van der Waals surface area contributed by atoms with Crippen LogP contribution in [0.4, 0.5) is 0 Å². The van der Waals surface area contributed by atoms with Crippen molar-refractivity contribution in [3.63, 3.8) is 0 Å². The Labute approximate surface area is 95.3 Å². The number of nitrogens with zero attached hydrogens (tertiary/aromatic N) is 2. The van der Waals surface area contributed by atoms with Gasteiger partial charge in [0.05, 0.1) is 12.4 Å². The Kier molecular flexibility index (Phi) is 4.90. The summed E-state index contributed by atoms with van der Waals surface area (Å²) < 4.78 is 2.04. The Morgan fingerprint density at radius 1 is 1.50 bits per heavy atom. The lowest BCUT2D eigenvalue weighted by Crippen LogP contribution is -2.16. The van der Waals surface area contributed by atoms with Crippen LogP contribution in [-0.4, -0.2) is 20.3 Å². The lowest BCUT2D eigenvalue weighted by molar-refractivity contribution is 0.430. The molecule has 0 N–H and O–H groups in total. The Balaban J connectivity index is 2.62. The average Bonchev–Trinajstić information content (AvgIpc) is 2.69. The van der Waals surface area contributed by atoms with Crippen LogP contribution in [0.15, 0.2) is 18.7 Å². The summed E-state index contributed by atoms with van der Waals surface area (Å²) in [6.45, 7) is 2.19. The monoisotopic (exact) mass is 226 g/mol. The van der Waals surface area contributed by atoms with Crippen molar-refractivity contribution >= 4 is 35.2 Å². The predicted molar refractivity (Wildman–Crippen MR) is 67.0 cm³/mol. The molecule has 2 nitrogen and oxygen atoms in total. The third-order valence-electron chi connectivity index (χ3n) is 2.33. The summed E-state index contributed by atoms with van der Waals surface area (Å²) in [4.78, 5) is 4.02. The van der Waals surface area contributed by atoms with Gasteiger partial charge >= 0.3 is 0 Å². The van der Waals surface area contributed by atoms with Crippen LogP contribution in [-0.2, 0) is 0 Å². The first kappa shape index (κ1) is 11.5. The predicted octanol–water partition coefficient (Wildman–Crippen LogP) is 2.84. The molecule has 0 aromatic carbocycles. The molecule has 2 unspecified atom stereocenters. The number of thiocarbonyl (C=S) groups is 2. The molecule has 0 amide bonds. The highest BCUT2D eigenvalue weighted by molar-refractivity contribution is 7.79. The van der Waals surface area contributed by atoms with Gasteiger partial charge in [0.1, 0.15) is 0 Å². The fourth-order valence-electron chi connectivity index (χ4n) is 1.45. The smallest absolute Gasteiger partial charge is 0.0951 e. The molecule has 2 atom stereocenters. The van der Waals surface area contributed by atoms with E-state index in [0.29, 0.717) is 5.92 Å². The first-order chi connectivity index (χ1) is 6.79. The number of hydrogen-bond acceptors (Lipinski definition) is 3. The van der Waals surface area contributed by atoms with E-state index in [9.17, 15) is 0 Å². The molecule has 1 rings (SSSR count). The maximum Gasteiger partial charge on any atom is 0.0951 e. The highest BCUT2D eigenvalue weighted by atomic mass is 32.1. The molecule has 0 aliphatic rings. The zero-order valence-corrected chi connectivity index (χ0v) is 9.80. The van der Waals surface area contributed by atoms with Gasteiger partial charge in [-0.3, -0.25) is 0 Å². The Morgan fingerprint density at radius 2 is 2.29 bits per heavy atom. The number of aromatic nitrogens is 2. The Morgan fingerprint density at radius 3 is 2.79 bits per heavy atom. The van der Waals surface area contributed by atoms with E-state index in [0.717, 1.165) is 12.8 Å². The lowest BCUT2D eigenvalue weighted by atomic mass is 9.98. The van der Waals surface area contributed by atoms with Gasteiger partial charge in [-0.05, 0) is 24.1 Å². The summed E-state index contributed by atoms with van der Waals surface area (Å²) in [6, 6.07) is 0.252. The minimum absolute atomic E-state index is 0.252. The second kappa shape index (κ2) is 5.98. The van der Waals surface area contributed by atoms with E-state index in [4.69, 9.17) is 24.4 Å². The first-order valence-corrected chi connectivity index (χ1v) is 5.60. The average molecular weight is 226 g/mol. The summed E-state index contributed by atoms with van der Waals surface area (Å²) in [7, 11) is 0. The third-order valence-corrected chi connectivity index (χ3v) is 2.85. The van der Waals surface area contributed by atoms with Crippen molar-refractivity contribution in [2.24, 2.45) is 5.92 Å². The SMILES string of the molecule is CC(CCC=S)C(C=S)n1ccnc1. The van der Waals surface area contributed by atoms with Gasteiger partial charge in [-0.25, -0.2) is 4.98 Å². The van der Waals surface area contributed by atoms with Gasteiger partial charge < -0.3 is 4.57 Å². The molecule has 0 saturated heterocycles. The molecule has 0 aliphatic heterocycles. The van der Waals surface area contributed by atoms with Crippen LogP contribution in [0.2, 0.25) is 0 Å². The van der Waals surface area contributed by atoms with Crippen molar-refractivity contribution in [1.29, 1.82) is 0 Å². The second-order valence-electron chi connectivity index (χ2n) is 3.36. The van der Waals surface area contributed by atoms with Crippen LogP contribution in [0.5, 0.6) is 0 Å². The van der Waals surface area contributed by atoms with Crippen LogP contribution in [0.3, 0.4) is 0 Å². The molecular formula is C10H14N2S2. The Hall–Kier alpha value is -0.610. The molecule has 0 aliphatic carbocycles. The largest absolute Gasteiger partial charge is 0.329 e. The highest BCUT2D eigenvalue weighted by Crippen LogP contribution is 2.20. The summed E-state index contributed by atoms with van der Waals surface area (Å²) in [5.74, 6) is 0.501. The van der Waals surface area contributed by atoms with Crippen molar-refractivity contribution in [2.45, 2.75) is 25.8 Å². The molecule has 76 valence electrons. The molecule has 1 heterocycles. The van der Waals surface area contributed by atoms with E-state index in [1.54, 1.807) is 23.3 Å². The van der Waals surface area contributed by atoms with Gasteiger partial charge in [0.2, 0.25) is 0 Å². The van der Waals surface area contributed by atoms with Gasteiger partial charge in [0, 0.05) is 17.8 Å². The fourth-order valence-corrected chi connectivity index (χ4v) is 1.99. The van der Waals surface area contributed by atoms with Crippen LogP contribution in [0.25, 0.3) is 0 Å². The van der Waals surface area contributed by atoms with Crippen LogP contribution < -0.4 is 0 Å². The van der Waals surface area contributed by atoms with Gasteiger partial charge in [-0.2, -0.15) is 0 Å². The van der Waals surface area contributed by atoms with Gasteiger partial charge in [-0.15, -0.1) is 0 Å². The van der Waals surface area contributed by atoms with Crippen LogP contribution >= 0.6 is 24.4 Å². The molecule has 1 aromatic heterocycles. The second-order valence-corrected chi connectivity index (χ2v) is 3.96.